The Morgan fingerprint density at radius 2 is 1.53 bits per heavy atom. The van der Waals surface area contributed by atoms with Crippen LogP contribution in [0.3, 0.4) is 0 Å². The first-order valence-corrected chi connectivity index (χ1v) is 7.46. The Morgan fingerprint density at radius 3 is 2.06 bits per heavy atom. The van der Waals surface area contributed by atoms with Crippen LogP contribution >= 0.6 is 0 Å². The van der Waals surface area contributed by atoms with Crippen LogP contribution in [0.4, 0.5) is 0 Å². The second kappa shape index (κ2) is 6.72. The van der Waals surface area contributed by atoms with E-state index < -0.39 is 0 Å². The van der Waals surface area contributed by atoms with Gasteiger partial charge in [0.2, 0.25) is 0 Å². The van der Waals surface area contributed by atoms with Gasteiger partial charge in [-0.3, -0.25) is 0 Å². The molecule has 2 N–H and O–H groups in total. The monoisotopic (exact) mass is 239 g/mol. The van der Waals surface area contributed by atoms with E-state index in [1.54, 1.807) is 0 Å². The second-order valence-corrected chi connectivity index (χ2v) is 5.94. The van der Waals surface area contributed by atoms with Crippen LogP contribution in [0.25, 0.3) is 0 Å². The predicted octanol–water partition coefficient (Wildman–Crippen LogP) is 1.53. The summed E-state index contributed by atoms with van der Waals surface area (Å²) in [5, 5.41) is 0. The number of likely N-dealkylation sites (tertiary alicyclic amines) is 2. The summed E-state index contributed by atoms with van der Waals surface area (Å²) in [7, 11) is 0. The molecule has 0 saturated carbocycles. The summed E-state index contributed by atoms with van der Waals surface area (Å²) >= 11 is 0. The summed E-state index contributed by atoms with van der Waals surface area (Å²) in [5.74, 6) is 0.768. The molecule has 2 fully saturated rings. The molecule has 17 heavy (non-hydrogen) atoms. The van der Waals surface area contributed by atoms with E-state index in [0.717, 1.165) is 5.92 Å². The maximum Gasteiger partial charge on any atom is 0.00397 e. The molecule has 2 rings (SSSR count). The fourth-order valence-corrected chi connectivity index (χ4v) is 3.23. The third-order valence-electron chi connectivity index (χ3n) is 4.52. The van der Waals surface area contributed by atoms with Gasteiger partial charge in [0, 0.05) is 6.04 Å². The van der Waals surface area contributed by atoms with E-state index in [2.05, 4.69) is 16.7 Å². The minimum Gasteiger partial charge on any atom is -0.328 e. The third-order valence-corrected chi connectivity index (χ3v) is 4.52. The molecule has 2 aliphatic rings. The summed E-state index contributed by atoms with van der Waals surface area (Å²) in [5.41, 5.74) is 5.97. The highest BCUT2D eigenvalue weighted by atomic mass is 15.2. The molecule has 2 heterocycles. The molecule has 0 radical (unpaired) electrons. The minimum absolute atomic E-state index is 0.391. The van der Waals surface area contributed by atoms with Gasteiger partial charge in [-0.05, 0) is 84.2 Å². The molecule has 3 heteroatoms. The van der Waals surface area contributed by atoms with Crippen molar-refractivity contribution < 1.29 is 0 Å². The molecule has 100 valence electrons. The topological polar surface area (TPSA) is 32.5 Å². The highest BCUT2D eigenvalue weighted by Gasteiger charge is 2.21. The van der Waals surface area contributed by atoms with Crippen molar-refractivity contribution in [3.05, 3.63) is 0 Å². The molecule has 0 aromatic carbocycles. The van der Waals surface area contributed by atoms with Crippen molar-refractivity contribution in [1.82, 2.24) is 9.80 Å². The second-order valence-electron chi connectivity index (χ2n) is 5.94. The van der Waals surface area contributed by atoms with E-state index in [0.29, 0.717) is 6.04 Å². The molecule has 0 aromatic rings. The molecule has 2 saturated heterocycles. The molecule has 3 nitrogen and oxygen atoms in total. The lowest BCUT2D eigenvalue weighted by molar-refractivity contribution is 0.164. The van der Waals surface area contributed by atoms with Gasteiger partial charge in [0.25, 0.3) is 0 Å². The van der Waals surface area contributed by atoms with Gasteiger partial charge in [0.05, 0.1) is 0 Å². The van der Waals surface area contributed by atoms with Crippen LogP contribution in [-0.4, -0.2) is 55.1 Å². The first-order chi connectivity index (χ1) is 8.25. The van der Waals surface area contributed by atoms with E-state index >= 15 is 0 Å². The minimum atomic E-state index is 0.391. The van der Waals surface area contributed by atoms with Crippen LogP contribution in [0.15, 0.2) is 0 Å². The smallest absolute Gasteiger partial charge is 0.00397 e. The quantitative estimate of drug-likeness (QED) is 0.790. The maximum atomic E-state index is 5.97. The van der Waals surface area contributed by atoms with E-state index in [1.165, 1.54) is 71.4 Å². The Balaban J connectivity index is 1.55. The van der Waals surface area contributed by atoms with Crippen molar-refractivity contribution in [1.29, 1.82) is 0 Å². The number of hydrogen-bond donors (Lipinski definition) is 1. The highest BCUT2D eigenvalue weighted by molar-refractivity contribution is 4.77. The van der Waals surface area contributed by atoms with E-state index in [4.69, 9.17) is 5.73 Å². The standard InChI is InChI=1S/C14H29N3/c1-13(15)14-5-11-17(12-6-14)10-4-9-16-7-2-3-8-16/h13-14H,2-12,15H2,1H3. The third kappa shape index (κ3) is 4.23. The van der Waals surface area contributed by atoms with Crippen LogP contribution in [0.5, 0.6) is 0 Å². The highest BCUT2D eigenvalue weighted by Crippen LogP contribution is 2.19. The molecule has 0 bridgehead atoms. The van der Waals surface area contributed by atoms with Crippen molar-refractivity contribution >= 4 is 0 Å². The van der Waals surface area contributed by atoms with Gasteiger partial charge in [-0.15, -0.1) is 0 Å². The normalized spacial score (nSPS) is 26.5. The first kappa shape index (κ1) is 13.3. The lowest BCUT2D eigenvalue weighted by Crippen LogP contribution is -2.40. The lowest BCUT2D eigenvalue weighted by Gasteiger charge is -2.33. The predicted molar refractivity (Wildman–Crippen MR) is 73.1 cm³/mol. The van der Waals surface area contributed by atoms with Gasteiger partial charge < -0.3 is 15.5 Å². The van der Waals surface area contributed by atoms with Crippen molar-refractivity contribution in [3.63, 3.8) is 0 Å². The molecule has 0 amide bonds. The van der Waals surface area contributed by atoms with Crippen molar-refractivity contribution in [2.24, 2.45) is 11.7 Å². The van der Waals surface area contributed by atoms with Crippen LogP contribution in [-0.2, 0) is 0 Å². The van der Waals surface area contributed by atoms with Gasteiger partial charge in [-0.25, -0.2) is 0 Å². The Labute approximate surface area is 106 Å². The van der Waals surface area contributed by atoms with Crippen LogP contribution in [0, 0.1) is 5.92 Å². The van der Waals surface area contributed by atoms with Crippen molar-refractivity contribution in [3.8, 4) is 0 Å². The van der Waals surface area contributed by atoms with Crippen molar-refractivity contribution in [2.45, 2.75) is 45.1 Å². The number of nitrogens with two attached hydrogens (primary N) is 1. The van der Waals surface area contributed by atoms with Crippen LogP contribution in [0.2, 0.25) is 0 Å². The molecule has 1 unspecified atom stereocenters. The molecule has 0 aliphatic carbocycles. The average molecular weight is 239 g/mol. The molecule has 1 atom stereocenters. The average Bonchev–Trinajstić information content (AvgIpc) is 2.83. The molecular weight excluding hydrogens is 210 g/mol. The molecule has 2 aliphatic heterocycles. The molecule has 0 spiro atoms. The molecular formula is C14H29N3. The lowest BCUT2D eigenvalue weighted by atomic mass is 9.91. The summed E-state index contributed by atoms with van der Waals surface area (Å²) in [6, 6.07) is 0.391. The van der Waals surface area contributed by atoms with Gasteiger partial charge in [0.15, 0.2) is 0 Å². The number of hydrogen-bond acceptors (Lipinski definition) is 3. The summed E-state index contributed by atoms with van der Waals surface area (Å²) < 4.78 is 0. The van der Waals surface area contributed by atoms with E-state index in [-0.39, 0.29) is 0 Å². The van der Waals surface area contributed by atoms with Crippen molar-refractivity contribution in [2.75, 3.05) is 39.3 Å². The summed E-state index contributed by atoms with van der Waals surface area (Å²) in [6.45, 7) is 9.99. The van der Waals surface area contributed by atoms with Crippen LogP contribution < -0.4 is 5.73 Å². The zero-order chi connectivity index (χ0) is 12.1. The Kier molecular flexibility index (Phi) is 5.26. The van der Waals surface area contributed by atoms with E-state index in [9.17, 15) is 0 Å². The summed E-state index contributed by atoms with van der Waals surface area (Å²) in [4.78, 5) is 5.25. The fraction of sp³-hybridized carbons (Fsp3) is 1.00. The molecule has 0 aromatic heterocycles. The van der Waals surface area contributed by atoms with Gasteiger partial charge in [-0.2, -0.15) is 0 Å². The Morgan fingerprint density at radius 1 is 1.00 bits per heavy atom. The van der Waals surface area contributed by atoms with Gasteiger partial charge in [-0.1, -0.05) is 0 Å². The number of nitrogens with zero attached hydrogens (tertiary/aromatic N) is 2. The SMILES string of the molecule is CC(N)C1CCN(CCCN2CCCC2)CC1. The van der Waals surface area contributed by atoms with Gasteiger partial charge in [0.1, 0.15) is 0 Å². The number of rotatable bonds is 5. The van der Waals surface area contributed by atoms with E-state index in [1.807, 2.05) is 0 Å². The zero-order valence-corrected chi connectivity index (χ0v) is 11.4. The first-order valence-electron chi connectivity index (χ1n) is 7.46. The summed E-state index contributed by atoms with van der Waals surface area (Å²) in [6.07, 6.45) is 6.80. The van der Waals surface area contributed by atoms with Crippen LogP contribution in [0.1, 0.15) is 39.0 Å². The largest absolute Gasteiger partial charge is 0.328 e. The maximum absolute atomic E-state index is 5.97. The Bertz CT molecular complexity index is 204. The Hall–Kier alpha value is -0.120. The fourth-order valence-electron chi connectivity index (χ4n) is 3.23. The zero-order valence-electron chi connectivity index (χ0n) is 11.4. The van der Waals surface area contributed by atoms with Gasteiger partial charge >= 0.3 is 0 Å². The number of piperidine rings is 1.